The number of aryl methyl sites for hydroxylation is 2. The molecule has 0 radical (unpaired) electrons. The molecule has 1 heterocycles. The number of aromatic nitrogens is 2. The fraction of sp³-hybridized carbons (Fsp3) is 0.750. The Morgan fingerprint density at radius 2 is 2.25 bits per heavy atom. The van der Waals surface area contributed by atoms with Crippen LogP contribution < -0.4 is 0 Å². The zero-order valence-corrected chi connectivity index (χ0v) is 10.7. The molecule has 4 heteroatoms. The molecular formula is C12H19ClN2O. The van der Waals surface area contributed by atoms with Gasteiger partial charge in [-0.15, -0.1) is 0 Å². The van der Waals surface area contributed by atoms with Gasteiger partial charge in [0.05, 0.1) is 11.8 Å². The van der Waals surface area contributed by atoms with Gasteiger partial charge in [-0.2, -0.15) is 5.10 Å². The van der Waals surface area contributed by atoms with Gasteiger partial charge in [0.25, 0.3) is 0 Å². The molecule has 2 atom stereocenters. The van der Waals surface area contributed by atoms with Gasteiger partial charge in [0.15, 0.2) is 0 Å². The number of hydrogen-bond acceptors (Lipinski definition) is 2. The summed E-state index contributed by atoms with van der Waals surface area (Å²) in [5.41, 5.74) is 2.18. The fourth-order valence-corrected chi connectivity index (χ4v) is 2.89. The first-order valence-corrected chi connectivity index (χ1v) is 6.31. The highest BCUT2D eigenvalue weighted by molar-refractivity contribution is 6.30. The van der Waals surface area contributed by atoms with E-state index in [1.807, 2.05) is 14.0 Å². The zero-order valence-electron chi connectivity index (χ0n) is 9.91. The molecule has 1 fully saturated rings. The SMILES string of the molecule is Cc1nn(C)c(Cl)c1CC1CCCC(O)C1. The standard InChI is InChI=1S/C12H19ClN2O/c1-8-11(12(13)15(2)14-8)7-9-4-3-5-10(16)6-9/h9-10,16H,3-7H2,1-2H3. The Morgan fingerprint density at radius 1 is 1.50 bits per heavy atom. The Labute approximate surface area is 101 Å². The topological polar surface area (TPSA) is 38.0 Å². The van der Waals surface area contributed by atoms with Crippen LogP contribution >= 0.6 is 11.6 Å². The maximum absolute atomic E-state index is 9.65. The lowest BCUT2D eigenvalue weighted by Gasteiger charge is -2.25. The van der Waals surface area contributed by atoms with Crippen LogP contribution in [0.25, 0.3) is 0 Å². The first-order chi connectivity index (χ1) is 7.58. The van der Waals surface area contributed by atoms with E-state index >= 15 is 0 Å². The summed E-state index contributed by atoms with van der Waals surface area (Å²) in [6, 6.07) is 0. The summed E-state index contributed by atoms with van der Waals surface area (Å²) in [6.45, 7) is 2.00. The maximum Gasteiger partial charge on any atom is 0.130 e. The summed E-state index contributed by atoms with van der Waals surface area (Å²) in [5.74, 6) is 0.559. The van der Waals surface area contributed by atoms with Gasteiger partial charge in [-0.25, -0.2) is 0 Å². The predicted molar refractivity (Wildman–Crippen MR) is 64.6 cm³/mol. The van der Waals surface area contributed by atoms with Gasteiger partial charge in [0.1, 0.15) is 5.15 Å². The molecule has 0 aromatic carbocycles. The van der Waals surface area contributed by atoms with Crippen molar-refractivity contribution in [2.24, 2.45) is 13.0 Å². The van der Waals surface area contributed by atoms with E-state index in [2.05, 4.69) is 5.10 Å². The van der Waals surface area contributed by atoms with Crippen LogP contribution in [-0.2, 0) is 13.5 Å². The van der Waals surface area contributed by atoms with Gasteiger partial charge in [-0.05, 0) is 38.5 Å². The molecule has 0 amide bonds. The van der Waals surface area contributed by atoms with Crippen LogP contribution in [0.1, 0.15) is 36.9 Å². The average Bonchev–Trinajstić information content (AvgIpc) is 2.45. The monoisotopic (exact) mass is 242 g/mol. The quantitative estimate of drug-likeness (QED) is 0.865. The molecule has 0 aliphatic heterocycles. The molecule has 0 saturated heterocycles. The third-order valence-corrected chi connectivity index (χ3v) is 3.99. The van der Waals surface area contributed by atoms with Crippen molar-refractivity contribution in [1.82, 2.24) is 9.78 Å². The highest BCUT2D eigenvalue weighted by atomic mass is 35.5. The molecular weight excluding hydrogens is 224 g/mol. The van der Waals surface area contributed by atoms with E-state index in [0.29, 0.717) is 5.92 Å². The van der Waals surface area contributed by atoms with E-state index < -0.39 is 0 Å². The minimum absolute atomic E-state index is 0.116. The van der Waals surface area contributed by atoms with Crippen molar-refractivity contribution in [3.8, 4) is 0 Å². The Kier molecular flexibility index (Phi) is 3.55. The fourth-order valence-electron chi connectivity index (χ4n) is 2.64. The Bertz CT molecular complexity index is 375. The first kappa shape index (κ1) is 11.9. The summed E-state index contributed by atoms with van der Waals surface area (Å²) in [4.78, 5) is 0. The van der Waals surface area contributed by atoms with E-state index in [-0.39, 0.29) is 6.10 Å². The van der Waals surface area contributed by atoms with Crippen molar-refractivity contribution < 1.29 is 5.11 Å². The van der Waals surface area contributed by atoms with Crippen LogP contribution in [0.2, 0.25) is 5.15 Å². The molecule has 1 aromatic rings. The number of nitrogens with zero attached hydrogens (tertiary/aromatic N) is 2. The Morgan fingerprint density at radius 3 is 2.81 bits per heavy atom. The molecule has 3 nitrogen and oxygen atoms in total. The van der Waals surface area contributed by atoms with Crippen molar-refractivity contribution in [1.29, 1.82) is 0 Å². The first-order valence-electron chi connectivity index (χ1n) is 5.94. The zero-order chi connectivity index (χ0) is 11.7. The highest BCUT2D eigenvalue weighted by Gasteiger charge is 2.23. The largest absolute Gasteiger partial charge is 0.393 e. The van der Waals surface area contributed by atoms with Crippen LogP contribution in [0.15, 0.2) is 0 Å². The van der Waals surface area contributed by atoms with Crippen LogP contribution in [0, 0.1) is 12.8 Å². The third kappa shape index (κ3) is 2.41. The molecule has 2 unspecified atom stereocenters. The summed E-state index contributed by atoms with van der Waals surface area (Å²) in [7, 11) is 1.87. The van der Waals surface area contributed by atoms with Crippen molar-refractivity contribution in [2.75, 3.05) is 0 Å². The van der Waals surface area contributed by atoms with Crippen LogP contribution in [-0.4, -0.2) is 21.0 Å². The van der Waals surface area contributed by atoms with E-state index in [1.165, 1.54) is 6.42 Å². The molecule has 90 valence electrons. The lowest BCUT2D eigenvalue weighted by Crippen LogP contribution is -2.21. The minimum atomic E-state index is -0.116. The molecule has 1 N–H and O–H groups in total. The second kappa shape index (κ2) is 4.76. The van der Waals surface area contributed by atoms with Gasteiger partial charge < -0.3 is 5.11 Å². The number of halogens is 1. The summed E-state index contributed by atoms with van der Waals surface area (Å²) >= 11 is 6.21. The normalized spacial score (nSPS) is 26.0. The molecule has 0 spiro atoms. The van der Waals surface area contributed by atoms with Crippen LogP contribution in [0.4, 0.5) is 0 Å². The second-order valence-corrected chi connectivity index (χ2v) is 5.23. The van der Waals surface area contributed by atoms with Gasteiger partial charge >= 0.3 is 0 Å². The van der Waals surface area contributed by atoms with E-state index in [0.717, 1.165) is 42.1 Å². The van der Waals surface area contributed by atoms with Crippen LogP contribution in [0.5, 0.6) is 0 Å². The summed E-state index contributed by atoms with van der Waals surface area (Å²) in [6.07, 6.45) is 5.02. The van der Waals surface area contributed by atoms with Gasteiger partial charge in [-0.1, -0.05) is 18.0 Å². The van der Waals surface area contributed by atoms with Gasteiger partial charge in [0.2, 0.25) is 0 Å². The average molecular weight is 243 g/mol. The molecule has 1 aromatic heterocycles. The van der Waals surface area contributed by atoms with Crippen molar-refractivity contribution >= 4 is 11.6 Å². The number of hydrogen-bond donors (Lipinski definition) is 1. The summed E-state index contributed by atoms with van der Waals surface area (Å²) < 4.78 is 1.73. The molecule has 16 heavy (non-hydrogen) atoms. The smallest absolute Gasteiger partial charge is 0.130 e. The predicted octanol–water partition coefficient (Wildman–Crippen LogP) is 2.48. The lowest BCUT2D eigenvalue weighted by molar-refractivity contribution is 0.101. The minimum Gasteiger partial charge on any atom is -0.393 e. The number of rotatable bonds is 2. The molecule has 1 aliphatic rings. The molecule has 0 bridgehead atoms. The van der Waals surface area contributed by atoms with E-state index in [9.17, 15) is 5.11 Å². The van der Waals surface area contributed by atoms with Crippen molar-refractivity contribution in [2.45, 2.75) is 45.1 Å². The van der Waals surface area contributed by atoms with Crippen LogP contribution in [0.3, 0.4) is 0 Å². The third-order valence-electron chi connectivity index (χ3n) is 3.52. The van der Waals surface area contributed by atoms with Gasteiger partial charge in [0, 0.05) is 12.6 Å². The summed E-state index contributed by atoms with van der Waals surface area (Å²) in [5, 5.41) is 14.7. The van der Waals surface area contributed by atoms with Gasteiger partial charge in [-0.3, -0.25) is 4.68 Å². The second-order valence-electron chi connectivity index (χ2n) is 4.87. The molecule has 1 aliphatic carbocycles. The van der Waals surface area contributed by atoms with Crippen molar-refractivity contribution in [3.63, 3.8) is 0 Å². The molecule has 2 rings (SSSR count). The van der Waals surface area contributed by atoms with Crippen molar-refractivity contribution in [3.05, 3.63) is 16.4 Å². The Hall–Kier alpha value is -0.540. The Balaban J connectivity index is 2.08. The van der Waals surface area contributed by atoms with E-state index in [4.69, 9.17) is 11.6 Å². The highest BCUT2D eigenvalue weighted by Crippen LogP contribution is 2.30. The maximum atomic E-state index is 9.65. The van der Waals surface area contributed by atoms with E-state index in [1.54, 1.807) is 4.68 Å². The molecule has 1 saturated carbocycles. The number of aliphatic hydroxyl groups is 1. The number of aliphatic hydroxyl groups excluding tert-OH is 1. The lowest BCUT2D eigenvalue weighted by atomic mass is 9.83.